The zero-order valence-electron chi connectivity index (χ0n) is 20.3. The van der Waals surface area contributed by atoms with E-state index in [0.29, 0.717) is 11.3 Å². The van der Waals surface area contributed by atoms with Crippen molar-refractivity contribution < 1.29 is 42.4 Å². The van der Waals surface area contributed by atoms with Crippen LogP contribution < -0.4 is 19.5 Å². The Bertz CT molecular complexity index is 1360. The summed E-state index contributed by atoms with van der Waals surface area (Å²) in [5.74, 6) is -3.71. The molecule has 0 spiro atoms. The van der Waals surface area contributed by atoms with E-state index in [9.17, 15) is 28.2 Å². The Morgan fingerprint density at radius 1 is 1.13 bits per heavy atom. The fourth-order valence-corrected chi connectivity index (χ4v) is 3.83. The number of hydrogen-bond acceptors (Lipinski definition) is 7. The minimum Gasteiger partial charge on any atom is -0.494 e. The third kappa shape index (κ3) is 5.64. The standard InChI is InChI=1S/C26H24ClF3N2O6/c1-36-19-7-8-21(32-23(19)14-3-5-17(28)16(27)9-14)25(35,13-33)12-31-24(34)15-4-6-18(20(10-15)37-2)38-22-11-26(22,29)30/h3-10,22,33,35H,11-13H2,1-2H3,(H,31,34). The minimum absolute atomic E-state index is 0.00300. The molecule has 8 nitrogen and oxygen atoms in total. The van der Waals surface area contributed by atoms with Crippen molar-refractivity contribution in [1.82, 2.24) is 10.3 Å². The summed E-state index contributed by atoms with van der Waals surface area (Å²) in [5.41, 5.74) is -1.28. The average Bonchev–Trinajstić information content (AvgIpc) is 3.53. The molecule has 1 saturated carbocycles. The van der Waals surface area contributed by atoms with E-state index in [1.165, 1.54) is 56.7 Å². The van der Waals surface area contributed by atoms with Gasteiger partial charge in [0.15, 0.2) is 17.6 Å². The molecule has 0 saturated heterocycles. The molecule has 1 aliphatic rings. The smallest absolute Gasteiger partial charge is 0.288 e. The quantitative estimate of drug-likeness (QED) is 0.349. The maximum Gasteiger partial charge on any atom is 0.288 e. The number of benzene rings is 2. The highest BCUT2D eigenvalue weighted by molar-refractivity contribution is 6.31. The van der Waals surface area contributed by atoms with Gasteiger partial charge < -0.3 is 29.7 Å². The van der Waals surface area contributed by atoms with Crippen molar-refractivity contribution in [2.75, 3.05) is 27.4 Å². The van der Waals surface area contributed by atoms with Crippen molar-refractivity contribution in [3.8, 4) is 28.5 Å². The summed E-state index contributed by atoms with van der Waals surface area (Å²) in [5, 5.41) is 23.5. The molecule has 1 aliphatic carbocycles. The van der Waals surface area contributed by atoms with Gasteiger partial charge in [0.2, 0.25) is 0 Å². The molecule has 1 heterocycles. The molecule has 3 N–H and O–H groups in total. The number of aliphatic hydroxyl groups is 2. The lowest BCUT2D eigenvalue weighted by atomic mass is 9.98. The van der Waals surface area contributed by atoms with E-state index in [-0.39, 0.29) is 33.5 Å². The molecular formula is C26H24ClF3N2O6. The topological polar surface area (TPSA) is 110 Å². The van der Waals surface area contributed by atoms with Crippen LogP contribution >= 0.6 is 11.6 Å². The summed E-state index contributed by atoms with van der Waals surface area (Å²) in [7, 11) is 2.71. The van der Waals surface area contributed by atoms with Crippen LogP contribution in [0.5, 0.6) is 17.2 Å². The van der Waals surface area contributed by atoms with Crippen LogP contribution in [0.2, 0.25) is 5.02 Å². The zero-order chi connectivity index (χ0) is 27.7. The maximum atomic E-state index is 13.7. The van der Waals surface area contributed by atoms with Gasteiger partial charge >= 0.3 is 0 Å². The summed E-state index contributed by atoms with van der Waals surface area (Å²) in [6.45, 7) is -1.25. The van der Waals surface area contributed by atoms with Crippen LogP contribution in [0.4, 0.5) is 13.2 Å². The van der Waals surface area contributed by atoms with E-state index in [1.54, 1.807) is 0 Å². The average molecular weight is 553 g/mol. The molecule has 0 radical (unpaired) electrons. The Labute approximate surface area is 220 Å². The molecule has 0 aliphatic heterocycles. The number of hydrogen-bond donors (Lipinski definition) is 3. The van der Waals surface area contributed by atoms with Gasteiger partial charge in [-0.2, -0.15) is 0 Å². The Hall–Kier alpha value is -3.54. The first-order valence-electron chi connectivity index (χ1n) is 11.4. The van der Waals surface area contributed by atoms with Gasteiger partial charge in [0.05, 0.1) is 44.5 Å². The summed E-state index contributed by atoms with van der Waals surface area (Å²) < 4.78 is 55.8. The lowest BCUT2D eigenvalue weighted by Gasteiger charge is -2.26. The number of carbonyl (C=O) groups excluding carboxylic acids is 1. The van der Waals surface area contributed by atoms with Crippen LogP contribution in [0.15, 0.2) is 48.5 Å². The molecule has 202 valence electrons. The van der Waals surface area contributed by atoms with Crippen LogP contribution in [-0.2, 0) is 5.60 Å². The number of pyridine rings is 1. The van der Waals surface area contributed by atoms with Gasteiger partial charge in [-0.3, -0.25) is 4.79 Å². The second kappa shape index (κ2) is 10.7. The van der Waals surface area contributed by atoms with E-state index in [0.717, 1.165) is 6.07 Å². The number of aliphatic hydroxyl groups excluding tert-OH is 1. The molecule has 38 heavy (non-hydrogen) atoms. The molecule has 2 unspecified atom stereocenters. The molecule has 12 heteroatoms. The molecule has 3 aromatic rings. The first kappa shape index (κ1) is 27.5. The lowest BCUT2D eigenvalue weighted by molar-refractivity contribution is -0.0203. The molecule has 1 fully saturated rings. The number of carbonyl (C=O) groups is 1. The number of halogens is 4. The zero-order valence-corrected chi connectivity index (χ0v) is 21.1. The highest BCUT2D eigenvalue weighted by Crippen LogP contribution is 2.46. The second-order valence-electron chi connectivity index (χ2n) is 8.69. The van der Waals surface area contributed by atoms with Crippen molar-refractivity contribution in [2.45, 2.75) is 24.0 Å². The Balaban J connectivity index is 1.53. The number of ether oxygens (including phenoxy) is 3. The number of nitrogens with zero attached hydrogens (tertiary/aromatic N) is 1. The minimum atomic E-state index is -2.89. The fraction of sp³-hybridized carbons (Fsp3) is 0.308. The third-order valence-corrected chi connectivity index (χ3v) is 6.30. The maximum absolute atomic E-state index is 13.7. The second-order valence-corrected chi connectivity index (χ2v) is 9.09. The van der Waals surface area contributed by atoms with Crippen LogP contribution in [0, 0.1) is 5.82 Å². The number of alkyl halides is 2. The monoisotopic (exact) mass is 552 g/mol. The summed E-state index contributed by atoms with van der Waals surface area (Å²) in [6.07, 6.45) is -1.64. The first-order chi connectivity index (χ1) is 18.0. The van der Waals surface area contributed by atoms with E-state index in [2.05, 4.69) is 10.3 Å². The molecule has 1 aromatic heterocycles. The third-order valence-electron chi connectivity index (χ3n) is 6.01. The SMILES string of the molecule is COc1cc(C(=O)NCC(O)(CO)c2ccc(OC)c(-c3ccc(F)c(Cl)c3)n2)ccc1OC1CC1(F)F. The van der Waals surface area contributed by atoms with Crippen LogP contribution in [-0.4, -0.2) is 60.5 Å². The molecule has 1 amide bonds. The predicted octanol–water partition coefficient (Wildman–Crippen LogP) is 3.95. The summed E-state index contributed by atoms with van der Waals surface area (Å²) >= 11 is 5.90. The van der Waals surface area contributed by atoms with Crippen molar-refractivity contribution in [3.63, 3.8) is 0 Å². The van der Waals surface area contributed by atoms with Crippen molar-refractivity contribution in [1.29, 1.82) is 0 Å². The van der Waals surface area contributed by atoms with Gasteiger partial charge in [0.1, 0.15) is 22.9 Å². The first-order valence-corrected chi connectivity index (χ1v) is 11.7. The van der Waals surface area contributed by atoms with E-state index < -0.39 is 48.9 Å². The van der Waals surface area contributed by atoms with Gasteiger partial charge in [-0.05, 0) is 48.5 Å². The number of aromatic nitrogens is 1. The largest absolute Gasteiger partial charge is 0.494 e. The molecule has 0 bridgehead atoms. The highest BCUT2D eigenvalue weighted by Gasteiger charge is 2.60. The molecule has 2 aromatic carbocycles. The van der Waals surface area contributed by atoms with Gasteiger partial charge in [0.25, 0.3) is 11.8 Å². The summed E-state index contributed by atoms with van der Waals surface area (Å²) in [6, 6.07) is 10.9. The molecular weight excluding hydrogens is 529 g/mol. The van der Waals surface area contributed by atoms with Crippen LogP contribution in [0.3, 0.4) is 0 Å². The van der Waals surface area contributed by atoms with Crippen molar-refractivity contribution in [2.24, 2.45) is 0 Å². The highest BCUT2D eigenvalue weighted by atomic mass is 35.5. The molecule has 4 rings (SSSR count). The van der Waals surface area contributed by atoms with E-state index in [4.69, 9.17) is 25.8 Å². The van der Waals surface area contributed by atoms with Crippen LogP contribution in [0.1, 0.15) is 22.5 Å². The van der Waals surface area contributed by atoms with E-state index in [1.807, 2.05) is 0 Å². The van der Waals surface area contributed by atoms with Gasteiger partial charge in [-0.25, -0.2) is 18.2 Å². The number of nitrogens with one attached hydrogen (secondary N) is 1. The predicted molar refractivity (Wildman–Crippen MR) is 131 cm³/mol. The van der Waals surface area contributed by atoms with Gasteiger partial charge in [-0.15, -0.1) is 0 Å². The van der Waals surface area contributed by atoms with Gasteiger partial charge in [-0.1, -0.05) is 11.6 Å². The van der Waals surface area contributed by atoms with E-state index >= 15 is 0 Å². The Morgan fingerprint density at radius 3 is 2.42 bits per heavy atom. The normalized spacial score (nSPS) is 17.3. The van der Waals surface area contributed by atoms with Crippen molar-refractivity contribution in [3.05, 3.63) is 70.6 Å². The lowest BCUT2D eigenvalue weighted by Crippen LogP contribution is -2.44. The summed E-state index contributed by atoms with van der Waals surface area (Å²) in [4.78, 5) is 17.2. The number of amides is 1. The Morgan fingerprint density at radius 2 is 1.82 bits per heavy atom. The van der Waals surface area contributed by atoms with Crippen LogP contribution in [0.25, 0.3) is 11.3 Å². The van der Waals surface area contributed by atoms with Gasteiger partial charge in [0, 0.05) is 11.1 Å². The number of methoxy groups -OCH3 is 2. The number of rotatable bonds is 10. The molecule has 2 atom stereocenters. The fourth-order valence-electron chi connectivity index (χ4n) is 3.65. The Kier molecular flexibility index (Phi) is 7.73. The van der Waals surface area contributed by atoms with Crippen molar-refractivity contribution >= 4 is 17.5 Å².